The first-order valence-electron chi connectivity index (χ1n) is 4.45. The molecule has 3 heteroatoms. The van der Waals surface area contributed by atoms with Crippen molar-refractivity contribution in [2.75, 3.05) is 0 Å². The van der Waals surface area contributed by atoms with Gasteiger partial charge in [0.15, 0.2) is 0 Å². The van der Waals surface area contributed by atoms with Crippen molar-refractivity contribution in [2.24, 2.45) is 0 Å². The van der Waals surface area contributed by atoms with E-state index in [-0.39, 0.29) is 5.54 Å². The van der Waals surface area contributed by atoms with Crippen LogP contribution in [-0.2, 0) is 0 Å². The summed E-state index contributed by atoms with van der Waals surface area (Å²) in [6, 6.07) is 0. The average molecular weight is 186 g/mol. The number of aliphatic hydroxyl groups excluding tert-OH is 2. The van der Waals surface area contributed by atoms with Gasteiger partial charge in [-0.05, 0) is 12.0 Å². The van der Waals surface area contributed by atoms with E-state index in [0.717, 1.165) is 0 Å². The molecule has 2 nitrogen and oxygen atoms in total. The molecule has 0 aromatic rings. The normalized spacial score (nSPS) is 36.9. The molecule has 0 saturated heterocycles. The summed E-state index contributed by atoms with van der Waals surface area (Å²) in [5, 5.41) is 19.1. The summed E-state index contributed by atoms with van der Waals surface area (Å²) in [5.74, 6) is 0. The van der Waals surface area contributed by atoms with Crippen molar-refractivity contribution in [2.45, 2.75) is 43.8 Å². The topological polar surface area (TPSA) is 40.5 Å². The fourth-order valence-electron chi connectivity index (χ4n) is 1.66. The Balaban J connectivity index is 2.77. The van der Waals surface area contributed by atoms with Gasteiger partial charge >= 0.3 is 0 Å². The molecule has 0 heterocycles. The Morgan fingerprint density at radius 2 is 1.83 bits per heavy atom. The second kappa shape index (κ2) is 3.32. The van der Waals surface area contributed by atoms with Gasteiger partial charge in [-0.3, -0.25) is 0 Å². The number of aliphatic hydroxyl groups is 2. The van der Waals surface area contributed by atoms with E-state index in [9.17, 15) is 10.2 Å². The summed E-state index contributed by atoms with van der Waals surface area (Å²) in [4.78, 5) is 0. The van der Waals surface area contributed by atoms with E-state index in [2.05, 4.69) is 25.7 Å². The second-order valence-corrected chi connectivity index (χ2v) is 10.0. The van der Waals surface area contributed by atoms with Gasteiger partial charge in [0.1, 0.15) is 0 Å². The van der Waals surface area contributed by atoms with Gasteiger partial charge in [-0.15, -0.1) is 0 Å². The number of hydrogen-bond donors (Lipinski definition) is 2. The molecule has 0 bridgehead atoms. The fourth-order valence-corrected chi connectivity index (χ4v) is 3.62. The Labute approximate surface area is 74.9 Å². The molecule has 0 aliphatic heterocycles. The Hall–Kier alpha value is -0.123. The van der Waals surface area contributed by atoms with Crippen LogP contribution >= 0.6 is 0 Å². The maximum atomic E-state index is 9.71. The summed E-state index contributed by atoms with van der Waals surface area (Å²) < 4.78 is 0. The maximum Gasteiger partial charge on any atom is 0.0840 e. The van der Waals surface area contributed by atoms with Crippen molar-refractivity contribution in [3.63, 3.8) is 0 Å². The summed E-state index contributed by atoms with van der Waals surface area (Å²) in [6.07, 6.45) is 3.57. The predicted octanol–water partition coefficient (Wildman–Crippen LogP) is 1.38. The van der Waals surface area contributed by atoms with Crippen LogP contribution in [-0.4, -0.2) is 30.5 Å². The smallest absolute Gasteiger partial charge is 0.0840 e. The molecule has 0 aromatic carbocycles. The molecule has 1 rings (SSSR count). The standard InChI is InChI=1S/C9H18O2Si/c1-12(2,3)8-6-4-5-7(10)9(8)11/h4,6-11H,5H2,1-3H3/t7-,8-,9-/m1/s1. The van der Waals surface area contributed by atoms with Crippen molar-refractivity contribution in [1.82, 2.24) is 0 Å². The van der Waals surface area contributed by atoms with E-state index >= 15 is 0 Å². The van der Waals surface area contributed by atoms with Crippen molar-refractivity contribution in [1.29, 1.82) is 0 Å². The Morgan fingerprint density at radius 1 is 1.25 bits per heavy atom. The van der Waals surface area contributed by atoms with Crippen molar-refractivity contribution >= 4 is 8.07 Å². The molecular weight excluding hydrogens is 168 g/mol. The molecule has 12 heavy (non-hydrogen) atoms. The molecule has 2 N–H and O–H groups in total. The quantitative estimate of drug-likeness (QED) is 0.480. The Kier molecular flexibility index (Phi) is 2.76. The van der Waals surface area contributed by atoms with Gasteiger partial charge in [-0.25, -0.2) is 0 Å². The lowest BCUT2D eigenvalue weighted by Gasteiger charge is -2.35. The monoisotopic (exact) mass is 186 g/mol. The molecule has 0 spiro atoms. The zero-order chi connectivity index (χ0) is 9.35. The van der Waals surface area contributed by atoms with Crippen molar-refractivity contribution in [3.05, 3.63) is 12.2 Å². The minimum absolute atomic E-state index is 0.209. The molecular formula is C9H18O2Si. The highest BCUT2D eigenvalue weighted by molar-refractivity contribution is 6.78. The third kappa shape index (κ3) is 1.97. The van der Waals surface area contributed by atoms with Gasteiger partial charge in [0.25, 0.3) is 0 Å². The minimum Gasteiger partial charge on any atom is -0.390 e. The summed E-state index contributed by atoms with van der Waals surface area (Å²) in [6.45, 7) is 6.63. The van der Waals surface area contributed by atoms with Crippen LogP contribution in [0.25, 0.3) is 0 Å². The highest BCUT2D eigenvalue weighted by Crippen LogP contribution is 2.32. The van der Waals surface area contributed by atoms with Crippen LogP contribution in [0.3, 0.4) is 0 Å². The third-order valence-electron chi connectivity index (χ3n) is 2.48. The van der Waals surface area contributed by atoms with Crippen LogP contribution in [0.15, 0.2) is 12.2 Å². The lowest BCUT2D eigenvalue weighted by molar-refractivity contribution is 0.0182. The summed E-state index contributed by atoms with van der Waals surface area (Å²) >= 11 is 0. The largest absolute Gasteiger partial charge is 0.390 e. The maximum absolute atomic E-state index is 9.71. The molecule has 70 valence electrons. The summed E-state index contributed by atoms with van der Waals surface area (Å²) in [7, 11) is -1.36. The highest BCUT2D eigenvalue weighted by atomic mass is 28.3. The molecule has 0 fully saturated rings. The zero-order valence-electron chi connectivity index (χ0n) is 7.99. The SMILES string of the molecule is C[Si](C)(C)[C@@H]1C=CC[C@@H](O)[C@H]1O. The van der Waals surface area contributed by atoms with Crippen LogP contribution in [0.1, 0.15) is 6.42 Å². The molecule has 3 atom stereocenters. The predicted molar refractivity (Wildman–Crippen MR) is 52.9 cm³/mol. The van der Waals surface area contributed by atoms with E-state index in [1.807, 2.05) is 6.08 Å². The van der Waals surface area contributed by atoms with Crippen LogP contribution < -0.4 is 0 Å². The van der Waals surface area contributed by atoms with Gasteiger partial charge in [-0.2, -0.15) is 0 Å². The van der Waals surface area contributed by atoms with Crippen LogP contribution in [0.5, 0.6) is 0 Å². The van der Waals surface area contributed by atoms with Gasteiger partial charge in [-0.1, -0.05) is 31.8 Å². The van der Waals surface area contributed by atoms with Crippen LogP contribution in [0.2, 0.25) is 25.2 Å². The van der Waals surface area contributed by atoms with E-state index in [1.165, 1.54) is 0 Å². The van der Waals surface area contributed by atoms with Gasteiger partial charge in [0.2, 0.25) is 0 Å². The van der Waals surface area contributed by atoms with E-state index in [0.29, 0.717) is 6.42 Å². The summed E-state index contributed by atoms with van der Waals surface area (Å²) in [5.41, 5.74) is 0.209. The van der Waals surface area contributed by atoms with Gasteiger partial charge < -0.3 is 10.2 Å². The lowest BCUT2D eigenvalue weighted by Crippen LogP contribution is -2.42. The zero-order valence-corrected chi connectivity index (χ0v) is 8.99. The first-order valence-corrected chi connectivity index (χ1v) is 8.03. The number of hydrogen-bond acceptors (Lipinski definition) is 2. The van der Waals surface area contributed by atoms with Crippen LogP contribution in [0, 0.1) is 0 Å². The first-order chi connectivity index (χ1) is 5.43. The molecule has 0 radical (unpaired) electrons. The minimum atomic E-state index is -1.36. The van der Waals surface area contributed by atoms with E-state index in [1.54, 1.807) is 0 Å². The molecule has 0 saturated carbocycles. The highest BCUT2D eigenvalue weighted by Gasteiger charge is 2.36. The second-order valence-electron chi connectivity index (χ2n) is 4.61. The van der Waals surface area contributed by atoms with Crippen molar-refractivity contribution in [3.8, 4) is 0 Å². The van der Waals surface area contributed by atoms with Gasteiger partial charge in [0, 0.05) is 0 Å². The van der Waals surface area contributed by atoms with Gasteiger partial charge in [0.05, 0.1) is 20.3 Å². The molecule has 1 aliphatic carbocycles. The number of rotatable bonds is 1. The third-order valence-corrected chi connectivity index (χ3v) is 5.02. The van der Waals surface area contributed by atoms with Crippen LogP contribution in [0.4, 0.5) is 0 Å². The Bertz CT molecular complexity index is 183. The Morgan fingerprint density at radius 3 is 2.25 bits per heavy atom. The fraction of sp³-hybridized carbons (Fsp3) is 0.778. The first kappa shape index (κ1) is 9.96. The van der Waals surface area contributed by atoms with Crippen molar-refractivity contribution < 1.29 is 10.2 Å². The molecule has 0 aromatic heterocycles. The van der Waals surface area contributed by atoms with E-state index in [4.69, 9.17) is 0 Å². The molecule has 0 unspecified atom stereocenters. The molecule has 1 aliphatic rings. The van der Waals surface area contributed by atoms with E-state index < -0.39 is 20.3 Å². The lowest BCUT2D eigenvalue weighted by atomic mass is 10.0. The molecule has 0 amide bonds. The average Bonchev–Trinajstić information content (AvgIpc) is 1.92.